The van der Waals surface area contributed by atoms with E-state index in [1.165, 1.54) is 0 Å². The van der Waals surface area contributed by atoms with Crippen LogP contribution in [0.4, 0.5) is 0 Å². The summed E-state index contributed by atoms with van der Waals surface area (Å²) in [6, 6.07) is -0.348. The molecule has 9 heteroatoms. The minimum Gasteiger partial charge on any atom is -0.339 e. The Morgan fingerprint density at radius 2 is 2.28 bits per heavy atom. The number of hydrogen-bond donors (Lipinski definition) is 3. The predicted octanol–water partition coefficient (Wildman–Crippen LogP) is -0.314. The topological polar surface area (TPSA) is 125 Å². The molecule has 0 saturated heterocycles. The lowest BCUT2D eigenvalue weighted by Crippen LogP contribution is -2.28. The van der Waals surface area contributed by atoms with Crippen LogP contribution in [0.25, 0.3) is 0 Å². The number of tetrazole rings is 1. The van der Waals surface area contributed by atoms with Crippen molar-refractivity contribution in [2.75, 3.05) is 0 Å². The average molecular weight is 248 g/mol. The van der Waals surface area contributed by atoms with Crippen molar-refractivity contribution in [3.05, 3.63) is 17.5 Å². The van der Waals surface area contributed by atoms with Crippen LogP contribution in [0.1, 0.15) is 54.0 Å². The molecule has 1 fully saturated rings. The van der Waals surface area contributed by atoms with Gasteiger partial charge < -0.3 is 5.32 Å². The van der Waals surface area contributed by atoms with Crippen LogP contribution in [-0.2, 0) is 0 Å². The smallest absolute Gasteiger partial charge is 0.291 e. The highest BCUT2D eigenvalue weighted by molar-refractivity contribution is 5.90. The van der Waals surface area contributed by atoms with Crippen molar-refractivity contribution in [2.24, 2.45) is 0 Å². The zero-order chi connectivity index (χ0) is 12.5. The van der Waals surface area contributed by atoms with Crippen molar-refractivity contribution in [1.82, 2.24) is 41.1 Å². The van der Waals surface area contributed by atoms with Crippen LogP contribution >= 0.6 is 0 Å². The van der Waals surface area contributed by atoms with E-state index in [4.69, 9.17) is 0 Å². The molecular formula is C9H12N8O. The van der Waals surface area contributed by atoms with E-state index in [-0.39, 0.29) is 17.8 Å². The second-order valence-corrected chi connectivity index (χ2v) is 4.28. The van der Waals surface area contributed by atoms with Gasteiger partial charge in [-0.05, 0) is 19.8 Å². The van der Waals surface area contributed by atoms with Crippen molar-refractivity contribution in [1.29, 1.82) is 0 Å². The van der Waals surface area contributed by atoms with E-state index in [0.717, 1.165) is 18.7 Å². The molecule has 2 aromatic rings. The Morgan fingerprint density at radius 3 is 2.94 bits per heavy atom. The fraction of sp³-hybridized carbons (Fsp3) is 0.556. The van der Waals surface area contributed by atoms with Gasteiger partial charge in [-0.15, -0.1) is 15.3 Å². The maximum atomic E-state index is 11.9. The van der Waals surface area contributed by atoms with Gasteiger partial charge in [-0.25, -0.2) is 4.98 Å². The van der Waals surface area contributed by atoms with Gasteiger partial charge in [-0.3, -0.25) is 9.89 Å². The third kappa shape index (κ3) is 2.06. The highest BCUT2D eigenvalue weighted by Crippen LogP contribution is 2.37. The normalized spacial score (nSPS) is 16.5. The van der Waals surface area contributed by atoms with Gasteiger partial charge in [0.2, 0.25) is 5.82 Å². The van der Waals surface area contributed by atoms with Crippen molar-refractivity contribution in [2.45, 2.75) is 31.7 Å². The van der Waals surface area contributed by atoms with E-state index in [0.29, 0.717) is 11.7 Å². The molecule has 1 aliphatic rings. The standard InChI is InChI=1S/C9H12N8O/c1-4(6-14-16-17-15-6)10-9(18)8-11-7(12-13-8)5-2-3-5/h4-5H,2-3H2,1H3,(H,10,18)(H,11,12,13)(H,14,15,16,17). The molecule has 3 rings (SSSR count). The summed E-state index contributed by atoms with van der Waals surface area (Å²) in [5.74, 6) is 1.44. The third-order valence-electron chi connectivity index (χ3n) is 2.77. The zero-order valence-electron chi connectivity index (χ0n) is 9.71. The number of aromatic nitrogens is 7. The number of carbonyl (C=O) groups is 1. The van der Waals surface area contributed by atoms with Crippen LogP contribution in [0.3, 0.4) is 0 Å². The lowest BCUT2D eigenvalue weighted by atomic mass is 10.3. The van der Waals surface area contributed by atoms with E-state index in [2.05, 4.69) is 41.1 Å². The van der Waals surface area contributed by atoms with Gasteiger partial charge in [0.25, 0.3) is 5.91 Å². The van der Waals surface area contributed by atoms with E-state index in [1.54, 1.807) is 6.92 Å². The van der Waals surface area contributed by atoms with Gasteiger partial charge in [0.1, 0.15) is 5.82 Å². The first-order chi connectivity index (χ1) is 8.74. The first-order valence-corrected chi connectivity index (χ1v) is 5.70. The fourth-order valence-electron chi connectivity index (χ4n) is 1.59. The molecule has 1 amide bonds. The number of H-pyrrole nitrogens is 2. The molecule has 18 heavy (non-hydrogen) atoms. The minimum atomic E-state index is -0.351. The summed E-state index contributed by atoms with van der Waals surface area (Å²) in [5, 5.41) is 22.7. The molecule has 9 nitrogen and oxygen atoms in total. The molecule has 1 atom stereocenters. The highest BCUT2D eigenvalue weighted by Gasteiger charge is 2.28. The molecule has 0 spiro atoms. The summed E-state index contributed by atoms with van der Waals surface area (Å²) in [7, 11) is 0. The van der Waals surface area contributed by atoms with E-state index in [9.17, 15) is 4.79 Å². The molecule has 94 valence electrons. The maximum Gasteiger partial charge on any atom is 0.291 e. The molecular weight excluding hydrogens is 236 g/mol. The van der Waals surface area contributed by atoms with E-state index in [1.807, 2.05) is 0 Å². The first-order valence-electron chi connectivity index (χ1n) is 5.70. The van der Waals surface area contributed by atoms with Gasteiger partial charge in [0, 0.05) is 5.92 Å². The molecule has 0 aromatic carbocycles. The molecule has 1 aliphatic carbocycles. The van der Waals surface area contributed by atoms with Crippen LogP contribution in [0, 0.1) is 0 Å². The van der Waals surface area contributed by atoms with E-state index < -0.39 is 0 Å². The Balaban J connectivity index is 1.66. The Hall–Kier alpha value is -2.32. The lowest BCUT2D eigenvalue weighted by molar-refractivity contribution is 0.0928. The van der Waals surface area contributed by atoms with Gasteiger partial charge in [-0.1, -0.05) is 5.21 Å². The highest BCUT2D eigenvalue weighted by atomic mass is 16.2. The van der Waals surface area contributed by atoms with E-state index >= 15 is 0 Å². The first kappa shape index (κ1) is 10.8. The Morgan fingerprint density at radius 1 is 1.44 bits per heavy atom. The molecule has 3 N–H and O–H groups in total. The second-order valence-electron chi connectivity index (χ2n) is 4.28. The monoisotopic (exact) mass is 248 g/mol. The zero-order valence-corrected chi connectivity index (χ0v) is 9.71. The largest absolute Gasteiger partial charge is 0.339 e. The van der Waals surface area contributed by atoms with Crippen LogP contribution in [0.5, 0.6) is 0 Å². The van der Waals surface area contributed by atoms with Crippen molar-refractivity contribution >= 4 is 5.91 Å². The van der Waals surface area contributed by atoms with Crippen LogP contribution < -0.4 is 5.32 Å². The Bertz CT molecular complexity index is 543. The summed E-state index contributed by atoms with van der Waals surface area (Å²) in [4.78, 5) is 16.0. The summed E-state index contributed by atoms with van der Waals surface area (Å²) >= 11 is 0. The van der Waals surface area contributed by atoms with Gasteiger partial charge in [0.15, 0.2) is 5.82 Å². The Kier molecular flexibility index (Phi) is 2.50. The molecule has 2 heterocycles. The SMILES string of the molecule is CC(NC(=O)c1n[nH]c(C2CC2)n1)c1nn[nH]n1. The van der Waals surface area contributed by atoms with Crippen LogP contribution in [0.2, 0.25) is 0 Å². The average Bonchev–Trinajstić information content (AvgIpc) is 2.91. The molecule has 0 bridgehead atoms. The molecule has 0 radical (unpaired) electrons. The minimum absolute atomic E-state index is 0.146. The number of aromatic amines is 2. The van der Waals surface area contributed by atoms with Crippen molar-refractivity contribution in [3.63, 3.8) is 0 Å². The molecule has 2 aromatic heterocycles. The van der Waals surface area contributed by atoms with Gasteiger partial charge in [0.05, 0.1) is 6.04 Å². The summed E-state index contributed by atoms with van der Waals surface area (Å²) in [5.41, 5.74) is 0. The summed E-state index contributed by atoms with van der Waals surface area (Å²) in [6.07, 6.45) is 2.21. The maximum absolute atomic E-state index is 11.9. The third-order valence-corrected chi connectivity index (χ3v) is 2.77. The quantitative estimate of drug-likeness (QED) is 0.681. The number of nitrogens with one attached hydrogen (secondary N) is 3. The van der Waals surface area contributed by atoms with Crippen LogP contribution in [0.15, 0.2) is 0 Å². The molecule has 1 unspecified atom stereocenters. The second kappa shape index (κ2) is 4.17. The molecule has 1 saturated carbocycles. The van der Waals surface area contributed by atoms with Gasteiger partial charge in [-0.2, -0.15) is 5.21 Å². The number of amides is 1. The number of carbonyl (C=O) groups excluding carboxylic acids is 1. The fourth-order valence-corrected chi connectivity index (χ4v) is 1.59. The van der Waals surface area contributed by atoms with Crippen molar-refractivity contribution < 1.29 is 4.79 Å². The Labute approximate surface area is 102 Å². The predicted molar refractivity (Wildman–Crippen MR) is 58.4 cm³/mol. The van der Waals surface area contributed by atoms with Crippen LogP contribution in [-0.4, -0.2) is 41.7 Å². The lowest BCUT2D eigenvalue weighted by Gasteiger charge is -2.06. The number of rotatable bonds is 4. The summed E-state index contributed by atoms with van der Waals surface area (Å²) < 4.78 is 0. The van der Waals surface area contributed by atoms with Gasteiger partial charge >= 0.3 is 0 Å². The van der Waals surface area contributed by atoms with Crippen molar-refractivity contribution in [3.8, 4) is 0 Å². The number of nitrogens with zero attached hydrogens (tertiary/aromatic N) is 5. The number of hydrogen-bond acceptors (Lipinski definition) is 6. The molecule has 0 aliphatic heterocycles. The summed E-state index contributed by atoms with van der Waals surface area (Å²) in [6.45, 7) is 1.76.